The van der Waals surface area contributed by atoms with Crippen molar-refractivity contribution in [3.63, 3.8) is 0 Å². The first-order valence-corrected chi connectivity index (χ1v) is 7.20. The number of aliphatic imine (C=N–C) groups is 1. The summed E-state index contributed by atoms with van der Waals surface area (Å²) in [5.41, 5.74) is 0.903. The van der Waals surface area contributed by atoms with Crippen molar-refractivity contribution in [3.05, 3.63) is 29.8 Å². The van der Waals surface area contributed by atoms with Crippen molar-refractivity contribution in [1.29, 1.82) is 5.26 Å². The van der Waals surface area contributed by atoms with Crippen LogP contribution in [-0.2, 0) is 14.8 Å². The van der Waals surface area contributed by atoms with Crippen LogP contribution in [0.25, 0.3) is 0 Å². The van der Waals surface area contributed by atoms with Crippen LogP contribution in [0, 0.1) is 11.3 Å². The minimum absolute atomic E-state index is 0.209. The molecule has 0 aliphatic rings. The zero-order valence-electron chi connectivity index (χ0n) is 10.5. The third-order valence-corrected chi connectivity index (χ3v) is 2.50. The van der Waals surface area contributed by atoms with Gasteiger partial charge in [0.2, 0.25) is 16.0 Å². The lowest BCUT2D eigenvalue weighted by Crippen LogP contribution is -2.35. The average Bonchev–Trinajstić information content (AvgIpc) is 2.35. The number of hydrogen-bond donors (Lipinski definition) is 3. The molecule has 0 fully saturated rings. The molecule has 0 saturated carbocycles. The largest absolute Gasteiger partial charge is 0.480 e. The summed E-state index contributed by atoms with van der Waals surface area (Å²) in [6.07, 6.45) is 0.920. The van der Waals surface area contributed by atoms with Gasteiger partial charge in [-0.3, -0.25) is 9.52 Å². The number of hydrogen-bond acceptors (Lipinski definition) is 5. The fourth-order valence-electron chi connectivity index (χ4n) is 1.18. The maximum atomic E-state index is 11.2. The molecule has 1 aromatic rings. The number of aliphatic carboxylic acids is 1. The van der Waals surface area contributed by atoms with Crippen molar-refractivity contribution in [2.75, 3.05) is 18.1 Å². The molecular formula is C11H12N4O4S. The van der Waals surface area contributed by atoms with Crippen LogP contribution < -0.4 is 10.0 Å². The summed E-state index contributed by atoms with van der Waals surface area (Å²) in [7, 11) is -3.59. The Morgan fingerprint density at radius 2 is 2.00 bits per heavy atom. The molecule has 0 aromatic heterocycles. The van der Waals surface area contributed by atoms with Gasteiger partial charge in [-0.25, -0.2) is 13.4 Å². The van der Waals surface area contributed by atoms with E-state index in [1.54, 1.807) is 12.1 Å². The quantitative estimate of drug-likeness (QED) is 0.527. The van der Waals surface area contributed by atoms with Crippen LogP contribution in [0.15, 0.2) is 29.3 Å². The van der Waals surface area contributed by atoms with E-state index in [2.05, 4.69) is 15.0 Å². The molecule has 0 unspecified atom stereocenters. The first-order chi connectivity index (χ1) is 9.30. The molecule has 1 rings (SSSR count). The molecule has 0 aliphatic heterocycles. The van der Waals surface area contributed by atoms with E-state index in [9.17, 15) is 13.2 Å². The Labute approximate surface area is 115 Å². The van der Waals surface area contributed by atoms with E-state index >= 15 is 0 Å². The lowest BCUT2D eigenvalue weighted by molar-refractivity contribution is -0.135. The van der Waals surface area contributed by atoms with E-state index in [4.69, 9.17) is 10.4 Å². The van der Waals surface area contributed by atoms with Gasteiger partial charge in [-0.2, -0.15) is 5.26 Å². The highest BCUT2D eigenvalue weighted by atomic mass is 32.2. The van der Waals surface area contributed by atoms with Crippen molar-refractivity contribution in [3.8, 4) is 6.07 Å². The Balaban J connectivity index is 2.90. The summed E-state index contributed by atoms with van der Waals surface area (Å²) < 4.78 is 24.4. The molecular weight excluding hydrogens is 284 g/mol. The second-order valence-corrected chi connectivity index (χ2v) is 5.50. The van der Waals surface area contributed by atoms with Crippen molar-refractivity contribution >= 4 is 27.6 Å². The normalized spacial score (nSPS) is 11.5. The van der Waals surface area contributed by atoms with Crippen LogP contribution in [-0.4, -0.2) is 38.3 Å². The van der Waals surface area contributed by atoms with Gasteiger partial charge in [0.15, 0.2) is 0 Å². The first-order valence-electron chi connectivity index (χ1n) is 5.31. The molecule has 20 heavy (non-hydrogen) atoms. The number of anilines is 1. The Morgan fingerprint density at radius 3 is 2.45 bits per heavy atom. The number of rotatable bonds is 4. The Bertz CT molecular complexity index is 659. The number of sulfonamides is 1. The molecule has 1 aromatic carbocycles. The zero-order chi connectivity index (χ0) is 15.2. The topological polar surface area (TPSA) is 132 Å². The summed E-state index contributed by atoms with van der Waals surface area (Å²) in [6.45, 7) is -0.582. The number of nitriles is 1. The lowest BCUT2D eigenvalue weighted by atomic mass is 10.2. The predicted octanol–water partition coefficient (Wildman–Crippen LogP) is -0.0400. The second kappa shape index (κ2) is 6.53. The van der Waals surface area contributed by atoms with Crippen LogP contribution in [0.1, 0.15) is 5.56 Å². The predicted molar refractivity (Wildman–Crippen MR) is 72.7 cm³/mol. The highest BCUT2D eigenvalue weighted by molar-refractivity contribution is 7.89. The smallest absolute Gasteiger partial charge is 0.325 e. The molecule has 0 radical (unpaired) electrons. The lowest BCUT2D eigenvalue weighted by Gasteiger charge is -2.10. The molecule has 0 bridgehead atoms. The molecule has 0 aliphatic carbocycles. The van der Waals surface area contributed by atoms with E-state index < -0.39 is 22.5 Å². The first kappa shape index (κ1) is 15.5. The third kappa shape index (κ3) is 5.83. The van der Waals surface area contributed by atoms with E-state index in [0.29, 0.717) is 11.3 Å². The van der Waals surface area contributed by atoms with E-state index in [1.165, 1.54) is 12.1 Å². The van der Waals surface area contributed by atoms with E-state index in [0.717, 1.165) is 6.26 Å². The standard InChI is InChI=1S/C11H12N4O4S/c1-20(18,19)15-11(13-7-10(16)17)14-9-4-2-8(6-12)3-5-9/h2-5H,7H2,1H3,(H,16,17)(H2,13,14,15). The maximum Gasteiger partial charge on any atom is 0.325 e. The van der Waals surface area contributed by atoms with Crippen molar-refractivity contribution < 1.29 is 18.3 Å². The van der Waals surface area contributed by atoms with Gasteiger partial charge in [0, 0.05) is 5.69 Å². The molecule has 0 spiro atoms. The van der Waals surface area contributed by atoms with E-state index in [1.807, 2.05) is 6.07 Å². The number of guanidine groups is 1. The Kier molecular flexibility index (Phi) is 5.05. The summed E-state index contributed by atoms with van der Waals surface area (Å²) >= 11 is 0. The number of carbonyl (C=O) groups is 1. The average molecular weight is 296 g/mol. The number of carboxylic acids is 1. The number of nitrogens with one attached hydrogen (secondary N) is 2. The van der Waals surface area contributed by atoms with Gasteiger partial charge in [-0.15, -0.1) is 0 Å². The third-order valence-electron chi connectivity index (χ3n) is 1.93. The van der Waals surface area contributed by atoms with Crippen LogP contribution in [0.4, 0.5) is 5.69 Å². The van der Waals surface area contributed by atoms with Crippen LogP contribution >= 0.6 is 0 Å². The minimum Gasteiger partial charge on any atom is -0.480 e. The highest BCUT2D eigenvalue weighted by Crippen LogP contribution is 2.08. The van der Waals surface area contributed by atoms with Crippen LogP contribution in [0.3, 0.4) is 0 Å². The summed E-state index contributed by atoms with van der Waals surface area (Å²) in [6, 6.07) is 8.07. The van der Waals surface area contributed by atoms with Crippen LogP contribution in [0.5, 0.6) is 0 Å². The number of nitrogens with zero attached hydrogens (tertiary/aromatic N) is 2. The summed E-state index contributed by atoms with van der Waals surface area (Å²) in [5, 5.41) is 19.8. The van der Waals surface area contributed by atoms with Gasteiger partial charge in [0.25, 0.3) is 0 Å². The molecule has 0 saturated heterocycles. The zero-order valence-corrected chi connectivity index (χ0v) is 11.3. The fraction of sp³-hybridized carbons (Fsp3) is 0.182. The summed E-state index contributed by atoms with van der Waals surface area (Å²) in [5.74, 6) is -1.40. The van der Waals surface area contributed by atoms with Gasteiger partial charge in [-0.1, -0.05) is 0 Å². The Hall–Kier alpha value is -2.60. The van der Waals surface area contributed by atoms with Gasteiger partial charge >= 0.3 is 5.97 Å². The van der Waals surface area contributed by atoms with Crippen LogP contribution in [0.2, 0.25) is 0 Å². The van der Waals surface area contributed by atoms with Gasteiger partial charge in [-0.05, 0) is 24.3 Å². The molecule has 3 N–H and O–H groups in total. The Morgan fingerprint density at radius 1 is 1.40 bits per heavy atom. The number of carboxylic acid groups (broad SMARTS) is 1. The second-order valence-electron chi connectivity index (χ2n) is 3.75. The van der Waals surface area contributed by atoms with Gasteiger partial charge < -0.3 is 10.4 Å². The molecule has 106 valence electrons. The molecule has 9 heteroatoms. The molecule has 8 nitrogen and oxygen atoms in total. The maximum absolute atomic E-state index is 11.2. The molecule has 0 heterocycles. The van der Waals surface area contributed by atoms with Crippen molar-refractivity contribution in [2.45, 2.75) is 0 Å². The van der Waals surface area contributed by atoms with Gasteiger partial charge in [0.1, 0.15) is 6.54 Å². The molecule has 0 amide bonds. The van der Waals surface area contributed by atoms with E-state index in [-0.39, 0.29) is 5.96 Å². The van der Waals surface area contributed by atoms with Gasteiger partial charge in [0.05, 0.1) is 17.9 Å². The fourth-order valence-corrected chi connectivity index (χ4v) is 1.65. The molecule has 0 atom stereocenters. The highest BCUT2D eigenvalue weighted by Gasteiger charge is 2.08. The summed E-state index contributed by atoms with van der Waals surface area (Å²) in [4.78, 5) is 14.1. The number of benzene rings is 1. The van der Waals surface area contributed by atoms with Crippen molar-refractivity contribution in [2.24, 2.45) is 4.99 Å². The van der Waals surface area contributed by atoms with Crippen molar-refractivity contribution in [1.82, 2.24) is 4.72 Å². The SMILES string of the molecule is CS(=O)(=O)NC(=NCC(=O)O)Nc1ccc(C#N)cc1. The minimum atomic E-state index is -3.59. The monoisotopic (exact) mass is 296 g/mol.